The maximum Gasteiger partial charge on any atom is 0.0696 e. The Labute approximate surface area is 120 Å². The van der Waals surface area contributed by atoms with Crippen molar-refractivity contribution in [1.82, 2.24) is 4.90 Å². The van der Waals surface area contributed by atoms with Gasteiger partial charge in [-0.2, -0.15) is 0 Å². The van der Waals surface area contributed by atoms with Gasteiger partial charge in [0.15, 0.2) is 0 Å². The van der Waals surface area contributed by atoms with Gasteiger partial charge in [0.1, 0.15) is 0 Å². The van der Waals surface area contributed by atoms with Crippen molar-refractivity contribution >= 4 is 17.3 Å². The fourth-order valence-corrected chi connectivity index (χ4v) is 3.01. The summed E-state index contributed by atoms with van der Waals surface area (Å²) in [7, 11) is 2.19. The smallest absolute Gasteiger partial charge is 0.0696 e. The van der Waals surface area contributed by atoms with Crippen LogP contribution in [0.25, 0.3) is 0 Å². The Kier molecular flexibility index (Phi) is 5.08. The third-order valence-electron chi connectivity index (χ3n) is 3.91. The van der Waals surface area contributed by atoms with Crippen molar-refractivity contribution < 1.29 is 5.11 Å². The molecule has 0 spiro atoms. The molecule has 1 aliphatic rings. The molecule has 4 heteroatoms. The first-order valence-corrected chi connectivity index (χ1v) is 7.38. The first-order chi connectivity index (χ1) is 9.15. The fourth-order valence-electron chi connectivity index (χ4n) is 2.78. The van der Waals surface area contributed by atoms with Crippen molar-refractivity contribution in [3.63, 3.8) is 0 Å². The van der Waals surface area contributed by atoms with Gasteiger partial charge in [0.25, 0.3) is 0 Å². The Balaban J connectivity index is 2.25. The number of hydrogen-bond donors (Lipinski definition) is 1. The van der Waals surface area contributed by atoms with Crippen molar-refractivity contribution in [3.05, 3.63) is 28.8 Å². The van der Waals surface area contributed by atoms with Crippen LogP contribution in [0.4, 0.5) is 5.69 Å². The standard InChI is InChI=1S/C15H23ClN2O/c1-3-13-10-17(2)7-4-8-18(13)14-6-5-12(11-19)15(16)9-14/h5-6,9,13,19H,3-4,7-8,10-11H2,1-2H3. The van der Waals surface area contributed by atoms with Crippen molar-refractivity contribution in [3.8, 4) is 0 Å². The molecule has 1 saturated heterocycles. The van der Waals surface area contributed by atoms with E-state index >= 15 is 0 Å². The van der Waals surface area contributed by atoms with Crippen LogP contribution in [0, 0.1) is 0 Å². The zero-order chi connectivity index (χ0) is 13.8. The Morgan fingerprint density at radius 3 is 2.79 bits per heavy atom. The molecule has 1 aliphatic heterocycles. The molecule has 0 saturated carbocycles. The summed E-state index contributed by atoms with van der Waals surface area (Å²) in [6.07, 6.45) is 2.30. The van der Waals surface area contributed by atoms with E-state index in [1.165, 1.54) is 12.1 Å². The van der Waals surface area contributed by atoms with Gasteiger partial charge in [0, 0.05) is 29.8 Å². The summed E-state index contributed by atoms with van der Waals surface area (Å²) in [4.78, 5) is 4.86. The number of hydrogen-bond acceptors (Lipinski definition) is 3. The van der Waals surface area contributed by atoms with Crippen LogP contribution in [0.1, 0.15) is 25.3 Å². The molecular formula is C15H23ClN2O. The summed E-state index contributed by atoms with van der Waals surface area (Å²) in [5.41, 5.74) is 1.97. The molecular weight excluding hydrogens is 260 g/mol. The highest BCUT2D eigenvalue weighted by atomic mass is 35.5. The highest BCUT2D eigenvalue weighted by Gasteiger charge is 2.22. The van der Waals surface area contributed by atoms with Gasteiger partial charge in [-0.25, -0.2) is 0 Å². The molecule has 1 atom stereocenters. The van der Waals surface area contributed by atoms with E-state index in [-0.39, 0.29) is 6.61 Å². The topological polar surface area (TPSA) is 26.7 Å². The number of anilines is 1. The van der Waals surface area contributed by atoms with Gasteiger partial charge in [-0.05, 0) is 44.1 Å². The fraction of sp³-hybridized carbons (Fsp3) is 0.600. The molecule has 0 aromatic heterocycles. The highest BCUT2D eigenvalue weighted by Crippen LogP contribution is 2.27. The van der Waals surface area contributed by atoms with Crippen LogP contribution in [-0.2, 0) is 6.61 Å². The quantitative estimate of drug-likeness (QED) is 0.923. The van der Waals surface area contributed by atoms with Crippen LogP contribution in [-0.4, -0.2) is 42.7 Å². The van der Waals surface area contributed by atoms with Crippen LogP contribution < -0.4 is 4.90 Å². The second-order valence-electron chi connectivity index (χ2n) is 5.31. The molecule has 106 valence electrons. The molecule has 1 aromatic rings. The number of aliphatic hydroxyl groups excluding tert-OH is 1. The third-order valence-corrected chi connectivity index (χ3v) is 4.26. The Bertz CT molecular complexity index is 425. The SMILES string of the molecule is CCC1CN(C)CCCN1c1ccc(CO)c(Cl)c1. The lowest BCUT2D eigenvalue weighted by atomic mass is 10.1. The molecule has 19 heavy (non-hydrogen) atoms. The average molecular weight is 283 g/mol. The van der Waals surface area contributed by atoms with Gasteiger partial charge in [0.05, 0.1) is 6.61 Å². The number of rotatable bonds is 3. The monoisotopic (exact) mass is 282 g/mol. The molecule has 0 radical (unpaired) electrons. The Morgan fingerprint density at radius 2 is 2.16 bits per heavy atom. The predicted molar refractivity (Wildman–Crippen MR) is 80.9 cm³/mol. The van der Waals surface area contributed by atoms with Gasteiger partial charge in [0.2, 0.25) is 0 Å². The molecule has 3 nitrogen and oxygen atoms in total. The van der Waals surface area contributed by atoms with Crippen molar-refractivity contribution in [2.45, 2.75) is 32.4 Å². The number of aliphatic hydroxyl groups is 1. The third kappa shape index (κ3) is 3.41. The number of benzene rings is 1. The molecule has 1 fully saturated rings. The minimum absolute atomic E-state index is 0.000935. The average Bonchev–Trinajstić information content (AvgIpc) is 2.60. The van der Waals surface area contributed by atoms with Crippen LogP contribution in [0.2, 0.25) is 5.02 Å². The van der Waals surface area contributed by atoms with E-state index in [1.54, 1.807) is 0 Å². The van der Waals surface area contributed by atoms with E-state index in [2.05, 4.69) is 29.8 Å². The Morgan fingerprint density at radius 1 is 1.37 bits per heavy atom. The first-order valence-electron chi connectivity index (χ1n) is 7.00. The summed E-state index contributed by atoms with van der Waals surface area (Å²) in [5, 5.41) is 9.85. The number of nitrogens with zero attached hydrogens (tertiary/aromatic N) is 2. The first kappa shape index (κ1) is 14.6. The maximum absolute atomic E-state index is 9.19. The van der Waals surface area contributed by atoms with Gasteiger partial charge in [-0.1, -0.05) is 24.6 Å². The molecule has 0 aliphatic carbocycles. The van der Waals surface area contributed by atoms with E-state index in [9.17, 15) is 5.11 Å². The van der Waals surface area contributed by atoms with Crippen molar-refractivity contribution in [2.75, 3.05) is 31.6 Å². The normalized spacial score (nSPS) is 21.5. The zero-order valence-electron chi connectivity index (χ0n) is 11.8. The zero-order valence-corrected chi connectivity index (χ0v) is 12.5. The van der Waals surface area contributed by atoms with E-state index in [0.717, 1.165) is 31.6 Å². The van der Waals surface area contributed by atoms with Crippen LogP contribution >= 0.6 is 11.6 Å². The molecule has 0 amide bonds. The summed E-state index contributed by atoms with van der Waals surface area (Å²) >= 11 is 6.21. The predicted octanol–water partition coefficient (Wildman–Crippen LogP) is 2.75. The molecule has 2 rings (SSSR count). The largest absolute Gasteiger partial charge is 0.392 e. The number of halogens is 1. The molecule has 1 unspecified atom stereocenters. The van der Waals surface area contributed by atoms with Crippen molar-refractivity contribution in [1.29, 1.82) is 0 Å². The van der Waals surface area contributed by atoms with Crippen LogP contribution in [0.3, 0.4) is 0 Å². The molecule has 1 aromatic carbocycles. The summed E-state index contributed by atoms with van der Waals surface area (Å²) in [6, 6.07) is 6.52. The minimum atomic E-state index is -0.000935. The highest BCUT2D eigenvalue weighted by molar-refractivity contribution is 6.31. The van der Waals surface area contributed by atoms with Gasteiger partial charge in [-0.15, -0.1) is 0 Å². The van der Waals surface area contributed by atoms with Crippen LogP contribution in [0.15, 0.2) is 18.2 Å². The van der Waals surface area contributed by atoms with Crippen molar-refractivity contribution in [2.24, 2.45) is 0 Å². The van der Waals surface area contributed by atoms with E-state index in [4.69, 9.17) is 11.6 Å². The molecule has 1 heterocycles. The molecule has 0 bridgehead atoms. The lowest BCUT2D eigenvalue weighted by Gasteiger charge is -2.32. The lowest BCUT2D eigenvalue weighted by Crippen LogP contribution is -2.39. The van der Waals surface area contributed by atoms with E-state index in [0.29, 0.717) is 11.1 Å². The van der Waals surface area contributed by atoms with Crippen LogP contribution in [0.5, 0.6) is 0 Å². The van der Waals surface area contributed by atoms with Gasteiger partial charge < -0.3 is 14.9 Å². The van der Waals surface area contributed by atoms with Gasteiger partial charge >= 0.3 is 0 Å². The Hall–Kier alpha value is -0.770. The summed E-state index contributed by atoms with van der Waals surface area (Å²) in [6.45, 7) is 5.54. The summed E-state index contributed by atoms with van der Waals surface area (Å²) in [5.74, 6) is 0. The van der Waals surface area contributed by atoms with E-state index < -0.39 is 0 Å². The molecule has 1 N–H and O–H groups in total. The maximum atomic E-state index is 9.19. The number of likely N-dealkylation sites (N-methyl/N-ethyl adjacent to an activating group) is 1. The lowest BCUT2D eigenvalue weighted by molar-refractivity contribution is 0.282. The van der Waals surface area contributed by atoms with E-state index in [1.807, 2.05) is 12.1 Å². The summed E-state index contributed by atoms with van der Waals surface area (Å²) < 4.78 is 0. The van der Waals surface area contributed by atoms with Gasteiger partial charge in [-0.3, -0.25) is 0 Å². The minimum Gasteiger partial charge on any atom is -0.392 e. The second kappa shape index (κ2) is 6.60. The second-order valence-corrected chi connectivity index (χ2v) is 5.71.